The number of sulfonamides is 1. The number of nitrogens with one attached hydrogen (secondary N) is 2. The first kappa shape index (κ1) is 17.9. The molecule has 114 valence electrons. The number of rotatable bonds is 5. The molecule has 1 aromatic carbocycles. The lowest BCUT2D eigenvalue weighted by atomic mass is 9.96. The molecule has 1 aromatic rings. The van der Waals surface area contributed by atoms with E-state index in [0.717, 1.165) is 24.0 Å². The van der Waals surface area contributed by atoms with E-state index in [1.54, 1.807) is 18.2 Å². The molecule has 0 bridgehead atoms. The summed E-state index contributed by atoms with van der Waals surface area (Å²) in [6.07, 6.45) is 3.26. The maximum Gasteiger partial charge on any atom is 0.240 e. The van der Waals surface area contributed by atoms with Gasteiger partial charge in [-0.3, -0.25) is 0 Å². The molecule has 0 radical (unpaired) electrons. The van der Waals surface area contributed by atoms with Gasteiger partial charge in [0.2, 0.25) is 10.0 Å². The van der Waals surface area contributed by atoms with Gasteiger partial charge in [-0.05, 0) is 56.5 Å². The first-order valence-electron chi connectivity index (χ1n) is 6.54. The Kier molecular flexibility index (Phi) is 7.47. The quantitative estimate of drug-likeness (QED) is 0.821. The molecule has 1 unspecified atom stereocenters. The minimum absolute atomic E-state index is 0. The Hall–Kier alpha value is -0.140. The third-order valence-corrected chi connectivity index (χ3v) is 5.30. The van der Waals surface area contributed by atoms with Crippen molar-refractivity contribution >= 4 is 38.4 Å². The molecule has 0 aromatic heterocycles. The molecular formula is C13H20BrClN2O2S. The third kappa shape index (κ3) is 5.33. The normalized spacial score (nSPS) is 19.4. The summed E-state index contributed by atoms with van der Waals surface area (Å²) in [5.41, 5.74) is 0. The number of hydrogen-bond acceptors (Lipinski definition) is 3. The summed E-state index contributed by atoms with van der Waals surface area (Å²) in [6.45, 7) is 2.58. The van der Waals surface area contributed by atoms with Crippen LogP contribution >= 0.6 is 28.3 Å². The molecule has 20 heavy (non-hydrogen) atoms. The molecule has 1 saturated heterocycles. The van der Waals surface area contributed by atoms with Crippen LogP contribution in [0.2, 0.25) is 0 Å². The Morgan fingerprint density at radius 2 is 2.20 bits per heavy atom. The number of halogens is 2. The fraction of sp³-hybridized carbons (Fsp3) is 0.538. The van der Waals surface area contributed by atoms with Crippen molar-refractivity contribution < 1.29 is 8.42 Å². The van der Waals surface area contributed by atoms with Crippen molar-refractivity contribution in [3.05, 3.63) is 28.7 Å². The van der Waals surface area contributed by atoms with E-state index in [1.165, 1.54) is 12.8 Å². The van der Waals surface area contributed by atoms with E-state index in [-0.39, 0.29) is 12.4 Å². The molecule has 7 heteroatoms. The van der Waals surface area contributed by atoms with Crippen LogP contribution in [0, 0.1) is 5.92 Å². The fourth-order valence-electron chi connectivity index (χ4n) is 2.29. The van der Waals surface area contributed by atoms with Crippen LogP contribution in [0.3, 0.4) is 0 Å². The Labute approximate surface area is 135 Å². The highest BCUT2D eigenvalue weighted by atomic mass is 79.9. The highest BCUT2D eigenvalue weighted by Gasteiger charge is 2.16. The van der Waals surface area contributed by atoms with Crippen molar-refractivity contribution in [2.75, 3.05) is 19.6 Å². The van der Waals surface area contributed by atoms with Gasteiger partial charge in [-0.15, -0.1) is 12.4 Å². The SMILES string of the molecule is Cl.O=S(=O)(NCCC1CCCNC1)c1cccc(Br)c1. The van der Waals surface area contributed by atoms with Crippen molar-refractivity contribution in [3.8, 4) is 0 Å². The highest BCUT2D eigenvalue weighted by molar-refractivity contribution is 9.10. The maximum atomic E-state index is 12.1. The van der Waals surface area contributed by atoms with Gasteiger partial charge in [-0.2, -0.15) is 0 Å². The predicted molar refractivity (Wildman–Crippen MR) is 86.8 cm³/mol. The lowest BCUT2D eigenvalue weighted by Crippen LogP contribution is -2.33. The zero-order valence-electron chi connectivity index (χ0n) is 11.1. The molecule has 1 fully saturated rings. The minimum Gasteiger partial charge on any atom is -0.316 e. The van der Waals surface area contributed by atoms with E-state index in [9.17, 15) is 8.42 Å². The van der Waals surface area contributed by atoms with Crippen LogP contribution in [-0.2, 0) is 10.0 Å². The van der Waals surface area contributed by atoms with Crippen molar-refractivity contribution in [1.82, 2.24) is 10.0 Å². The van der Waals surface area contributed by atoms with Crippen molar-refractivity contribution in [2.45, 2.75) is 24.2 Å². The lowest BCUT2D eigenvalue weighted by molar-refractivity contribution is 0.358. The van der Waals surface area contributed by atoms with E-state index in [0.29, 0.717) is 17.4 Å². The van der Waals surface area contributed by atoms with Gasteiger partial charge < -0.3 is 5.32 Å². The average Bonchev–Trinajstić information content (AvgIpc) is 2.40. The highest BCUT2D eigenvalue weighted by Crippen LogP contribution is 2.17. The van der Waals surface area contributed by atoms with E-state index in [2.05, 4.69) is 26.0 Å². The molecular weight excluding hydrogens is 364 g/mol. The second kappa shape index (κ2) is 8.34. The number of benzene rings is 1. The molecule has 1 aliphatic rings. The van der Waals surface area contributed by atoms with Gasteiger partial charge in [0.1, 0.15) is 0 Å². The van der Waals surface area contributed by atoms with Gasteiger partial charge >= 0.3 is 0 Å². The molecule has 0 amide bonds. The zero-order chi connectivity index (χ0) is 13.7. The molecule has 0 aliphatic carbocycles. The summed E-state index contributed by atoms with van der Waals surface area (Å²) in [6, 6.07) is 6.76. The summed E-state index contributed by atoms with van der Waals surface area (Å²) >= 11 is 3.28. The Morgan fingerprint density at radius 1 is 1.40 bits per heavy atom. The van der Waals surface area contributed by atoms with Crippen molar-refractivity contribution in [1.29, 1.82) is 0 Å². The van der Waals surface area contributed by atoms with Crippen LogP contribution in [0.5, 0.6) is 0 Å². The first-order chi connectivity index (χ1) is 9.08. The van der Waals surface area contributed by atoms with Gasteiger partial charge in [-0.1, -0.05) is 22.0 Å². The summed E-state index contributed by atoms with van der Waals surface area (Å²) in [5.74, 6) is 0.582. The zero-order valence-corrected chi connectivity index (χ0v) is 14.4. The second-order valence-corrected chi connectivity index (χ2v) is 7.54. The van der Waals surface area contributed by atoms with E-state index in [4.69, 9.17) is 0 Å². The predicted octanol–water partition coefficient (Wildman–Crippen LogP) is 2.54. The maximum absolute atomic E-state index is 12.1. The topological polar surface area (TPSA) is 58.2 Å². The average molecular weight is 384 g/mol. The van der Waals surface area contributed by atoms with Crippen LogP contribution in [0.25, 0.3) is 0 Å². The molecule has 2 N–H and O–H groups in total. The Balaban J connectivity index is 0.00000200. The lowest BCUT2D eigenvalue weighted by Gasteiger charge is -2.22. The standard InChI is InChI=1S/C13H19BrN2O2S.ClH/c14-12-4-1-5-13(9-12)19(17,18)16-8-6-11-3-2-7-15-10-11;/h1,4-5,9,11,15-16H,2-3,6-8,10H2;1H. The Bertz CT molecular complexity index is 519. The van der Waals surface area contributed by atoms with Crippen molar-refractivity contribution in [3.63, 3.8) is 0 Å². The molecule has 1 heterocycles. The summed E-state index contributed by atoms with van der Waals surface area (Å²) in [4.78, 5) is 0.309. The molecule has 4 nitrogen and oxygen atoms in total. The van der Waals surface area contributed by atoms with Gasteiger partial charge in [0.25, 0.3) is 0 Å². The van der Waals surface area contributed by atoms with E-state index < -0.39 is 10.0 Å². The van der Waals surface area contributed by atoms with Gasteiger partial charge in [0.05, 0.1) is 4.90 Å². The van der Waals surface area contributed by atoms with Gasteiger partial charge in [-0.25, -0.2) is 13.1 Å². The summed E-state index contributed by atoms with van der Waals surface area (Å²) in [7, 11) is -3.38. The van der Waals surface area contributed by atoms with Crippen LogP contribution in [0.4, 0.5) is 0 Å². The second-order valence-electron chi connectivity index (χ2n) is 4.86. The molecule has 1 atom stereocenters. The van der Waals surface area contributed by atoms with Crippen LogP contribution in [-0.4, -0.2) is 28.1 Å². The van der Waals surface area contributed by atoms with Gasteiger partial charge in [0.15, 0.2) is 0 Å². The summed E-state index contributed by atoms with van der Waals surface area (Å²) < 4.78 is 27.6. The minimum atomic E-state index is -3.38. The Morgan fingerprint density at radius 3 is 2.85 bits per heavy atom. The molecule has 0 saturated carbocycles. The molecule has 1 aliphatic heterocycles. The van der Waals surface area contributed by atoms with E-state index in [1.807, 2.05) is 6.07 Å². The van der Waals surface area contributed by atoms with Crippen LogP contribution < -0.4 is 10.0 Å². The number of piperidine rings is 1. The van der Waals surface area contributed by atoms with Gasteiger partial charge in [0, 0.05) is 11.0 Å². The van der Waals surface area contributed by atoms with Crippen molar-refractivity contribution in [2.24, 2.45) is 5.92 Å². The smallest absolute Gasteiger partial charge is 0.240 e. The summed E-state index contributed by atoms with van der Waals surface area (Å²) in [5, 5.41) is 3.34. The number of hydrogen-bond donors (Lipinski definition) is 2. The molecule has 0 spiro atoms. The van der Waals surface area contributed by atoms with Crippen LogP contribution in [0.15, 0.2) is 33.6 Å². The van der Waals surface area contributed by atoms with Crippen LogP contribution in [0.1, 0.15) is 19.3 Å². The monoisotopic (exact) mass is 382 g/mol. The van der Waals surface area contributed by atoms with E-state index >= 15 is 0 Å². The molecule has 2 rings (SSSR count). The first-order valence-corrected chi connectivity index (χ1v) is 8.81. The fourth-order valence-corrected chi connectivity index (χ4v) is 3.93. The third-order valence-electron chi connectivity index (χ3n) is 3.35. The largest absolute Gasteiger partial charge is 0.316 e.